The van der Waals surface area contributed by atoms with E-state index in [1.165, 1.54) is 38.8 Å². The Kier molecular flexibility index (Phi) is 7.20. The minimum Gasteiger partial charge on any atom is -0.314 e. The van der Waals surface area contributed by atoms with E-state index < -0.39 is 0 Å². The Morgan fingerprint density at radius 1 is 1.21 bits per heavy atom. The predicted molar refractivity (Wildman–Crippen MR) is 64.8 cm³/mol. The zero-order chi connectivity index (χ0) is 11.0. The number of hydrogen-bond donors (Lipinski definition) is 1. The van der Waals surface area contributed by atoms with Crippen molar-refractivity contribution in [1.82, 2.24) is 10.2 Å². The smallest absolute Gasteiger partial charge is 0.0188 e. The molecule has 1 N–H and O–H groups in total. The first kappa shape index (κ1) is 13.9. The molecule has 1 atom stereocenters. The Labute approximate surface area is 90.1 Å². The molecule has 0 bridgehead atoms. The molecule has 1 heterocycles. The first-order valence-corrected chi connectivity index (χ1v) is 6.10. The van der Waals surface area contributed by atoms with Crippen LogP contribution in [0.1, 0.15) is 46.5 Å². The summed E-state index contributed by atoms with van der Waals surface area (Å²) in [5.74, 6) is 0. The highest BCUT2D eigenvalue weighted by atomic mass is 15.1. The lowest BCUT2D eigenvalue weighted by atomic mass is 9.88. The summed E-state index contributed by atoms with van der Waals surface area (Å²) in [7, 11) is 4.33. The van der Waals surface area contributed by atoms with Gasteiger partial charge in [-0.15, -0.1) is 0 Å². The maximum absolute atomic E-state index is 3.50. The monoisotopic (exact) mass is 200 g/mol. The van der Waals surface area contributed by atoms with Gasteiger partial charge in [0.2, 0.25) is 0 Å². The first-order chi connectivity index (χ1) is 6.72. The van der Waals surface area contributed by atoms with Crippen molar-refractivity contribution in [2.45, 2.75) is 52.0 Å². The van der Waals surface area contributed by atoms with Crippen LogP contribution in [-0.4, -0.2) is 37.6 Å². The number of rotatable bonds is 2. The molecule has 0 radical (unpaired) electrons. The summed E-state index contributed by atoms with van der Waals surface area (Å²) in [5, 5.41) is 3.50. The molecule has 1 unspecified atom stereocenters. The second kappa shape index (κ2) is 7.24. The molecule has 0 aliphatic carbocycles. The van der Waals surface area contributed by atoms with Gasteiger partial charge in [-0.3, -0.25) is 0 Å². The van der Waals surface area contributed by atoms with Crippen molar-refractivity contribution in [3.63, 3.8) is 0 Å². The highest BCUT2D eigenvalue weighted by Gasteiger charge is 2.27. The number of likely N-dealkylation sites (tertiary alicyclic amines) is 1. The molecular weight excluding hydrogens is 172 g/mol. The van der Waals surface area contributed by atoms with Crippen molar-refractivity contribution in [3.05, 3.63) is 0 Å². The van der Waals surface area contributed by atoms with Gasteiger partial charge in [-0.1, -0.05) is 20.8 Å². The van der Waals surface area contributed by atoms with Crippen LogP contribution in [0.2, 0.25) is 0 Å². The van der Waals surface area contributed by atoms with Crippen molar-refractivity contribution < 1.29 is 0 Å². The van der Waals surface area contributed by atoms with Gasteiger partial charge in [0.1, 0.15) is 0 Å². The van der Waals surface area contributed by atoms with E-state index in [2.05, 4.69) is 31.2 Å². The molecule has 1 fully saturated rings. The minimum absolute atomic E-state index is 0.435. The molecule has 1 saturated heterocycles. The number of hydrogen-bond acceptors (Lipinski definition) is 2. The first-order valence-electron chi connectivity index (χ1n) is 6.10. The van der Waals surface area contributed by atoms with Gasteiger partial charge in [0, 0.05) is 5.54 Å². The van der Waals surface area contributed by atoms with E-state index in [0.717, 1.165) is 0 Å². The Morgan fingerprint density at radius 3 is 2.36 bits per heavy atom. The Hall–Kier alpha value is -0.0800. The van der Waals surface area contributed by atoms with Gasteiger partial charge in [-0.25, -0.2) is 0 Å². The molecule has 1 aliphatic rings. The molecule has 0 spiro atoms. The topological polar surface area (TPSA) is 15.3 Å². The molecule has 2 nitrogen and oxygen atoms in total. The average molecular weight is 200 g/mol. The molecular formula is C12H28N2. The van der Waals surface area contributed by atoms with E-state index in [1.807, 2.05) is 13.8 Å². The Bertz CT molecular complexity index is 130. The van der Waals surface area contributed by atoms with Gasteiger partial charge < -0.3 is 10.2 Å². The minimum atomic E-state index is 0.435. The van der Waals surface area contributed by atoms with Crippen LogP contribution in [-0.2, 0) is 0 Å². The largest absolute Gasteiger partial charge is 0.314 e. The van der Waals surface area contributed by atoms with Gasteiger partial charge >= 0.3 is 0 Å². The Morgan fingerprint density at radius 2 is 1.86 bits per heavy atom. The lowest BCUT2D eigenvalue weighted by Crippen LogP contribution is -2.42. The summed E-state index contributed by atoms with van der Waals surface area (Å²) in [6.07, 6.45) is 5.24. The average Bonchev–Trinajstić information content (AvgIpc) is 2.44. The van der Waals surface area contributed by atoms with Crippen LogP contribution in [0.25, 0.3) is 0 Å². The molecule has 0 amide bonds. The molecule has 1 aliphatic heterocycles. The summed E-state index contributed by atoms with van der Waals surface area (Å²) in [4.78, 5) is 2.44. The fraction of sp³-hybridized carbons (Fsp3) is 1.00. The number of nitrogens with one attached hydrogen (secondary N) is 1. The van der Waals surface area contributed by atoms with Crippen LogP contribution >= 0.6 is 0 Å². The molecule has 14 heavy (non-hydrogen) atoms. The standard InChI is InChI=1S/C10H22N2.C2H6/c1-4-10(11-2)6-5-8-12(3)9-7-10;1-2/h11H,4-9H2,1-3H3;1-2H3. The Balaban J connectivity index is 0.000000791. The van der Waals surface area contributed by atoms with E-state index in [-0.39, 0.29) is 0 Å². The van der Waals surface area contributed by atoms with Crippen molar-refractivity contribution >= 4 is 0 Å². The lowest BCUT2D eigenvalue weighted by Gasteiger charge is -2.31. The van der Waals surface area contributed by atoms with Gasteiger partial charge in [0.15, 0.2) is 0 Å². The highest BCUT2D eigenvalue weighted by molar-refractivity contribution is 4.88. The molecule has 0 aromatic carbocycles. The second-order valence-electron chi connectivity index (χ2n) is 4.04. The summed E-state index contributed by atoms with van der Waals surface area (Å²) < 4.78 is 0. The maximum Gasteiger partial charge on any atom is 0.0188 e. The van der Waals surface area contributed by atoms with E-state index in [0.29, 0.717) is 5.54 Å². The van der Waals surface area contributed by atoms with Gasteiger partial charge in [0.05, 0.1) is 0 Å². The van der Waals surface area contributed by atoms with E-state index in [9.17, 15) is 0 Å². The molecule has 0 saturated carbocycles. The van der Waals surface area contributed by atoms with E-state index in [4.69, 9.17) is 0 Å². The SMILES string of the molecule is CC.CCC1(NC)CCCN(C)CC1. The quantitative estimate of drug-likeness (QED) is 0.737. The maximum atomic E-state index is 3.50. The van der Waals surface area contributed by atoms with Crippen molar-refractivity contribution in [1.29, 1.82) is 0 Å². The summed E-state index contributed by atoms with van der Waals surface area (Å²) >= 11 is 0. The van der Waals surface area contributed by atoms with Gasteiger partial charge in [0.25, 0.3) is 0 Å². The third-order valence-electron chi connectivity index (χ3n) is 3.37. The summed E-state index contributed by atoms with van der Waals surface area (Å²) in [6.45, 7) is 8.81. The fourth-order valence-corrected chi connectivity index (χ4v) is 2.11. The summed E-state index contributed by atoms with van der Waals surface area (Å²) in [6, 6.07) is 0. The molecule has 2 heteroatoms. The lowest BCUT2D eigenvalue weighted by molar-refractivity contribution is 0.284. The number of nitrogens with zero attached hydrogens (tertiary/aromatic N) is 1. The van der Waals surface area contributed by atoms with Gasteiger partial charge in [-0.05, 0) is 52.9 Å². The summed E-state index contributed by atoms with van der Waals surface area (Å²) in [5.41, 5.74) is 0.435. The fourth-order valence-electron chi connectivity index (χ4n) is 2.11. The van der Waals surface area contributed by atoms with Crippen LogP contribution < -0.4 is 5.32 Å². The predicted octanol–water partition coefficient (Wildman–Crippen LogP) is 2.50. The third-order valence-corrected chi connectivity index (χ3v) is 3.37. The van der Waals surface area contributed by atoms with Crippen molar-refractivity contribution in [2.24, 2.45) is 0 Å². The molecule has 1 rings (SSSR count). The van der Waals surface area contributed by atoms with E-state index >= 15 is 0 Å². The molecule has 0 aromatic rings. The van der Waals surface area contributed by atoms with Crippen LogP contribution in [0.4, 0.5) is 0 Å². The van der Waals surface area contributed by atoms with Crippen LogP contribution in [0.5, 0.6) is 0 Å². The zero-order valence-corrected chi connectivity index (χ0v) is 10.7. The van der Waals surface area contributed by atoms with Gasteiger partial charge in [-0.2, -0.15) is 0 Å². The van der Waals surface area contributed by atoms with E-state index in [1.54, 1.807) is 0 Å². The van der Waals surface area contributed by atoms with Crippen molar-refractivity contribution in [3.8, 4) is 0 Å². The van der Waals surface area contributed by atoms with Crippen LogP contribution in [0, 0.1) is 0 Å². The highest BCUT2D eigenvalue weighted by Crippen LogP contribution is 2.24. The third kappa shape index (κ3) is 3.97. The molecule has 0 aromatic heterocycles. The van der Waals surface area contributed by atoms with Crippen LogP contribution in [0.3, 0.4) is 0 Å². The van der Waals surface area contributed by atoms with Crippen molar-refractivity contribution in [2.75, 3.05) is 27.2 Å². The zero-order valence-electron chi connectivity index (χ0n) is 10.7. The second-order valence-corrected chi connectivity index (χ2v) is 4.04. The normalized spacial score (nSPS) is 28.9. The molecule has 86 valence electrons. The van der Waals surface area contributed by atoms with Crippen LogP contribution in [0.15, 0.2) is 0 Å².